The van der Waals surface area contributed by atoms with E-state index in [2.05, 4.69) is 0 Å². The molecule has 0 aromatic heterocycles. The van der Waals surface area contributed by atoms with Gasteiger partial charge in [-0.05, 0) is 79.7 Å². The molecule has 0 amide bonds. The Labute approximate surface area is 124 Å². The van der Waals surface area contributed by atoms with Crippen molar-refractivity contribution in [2.45, 2.75) is 44.6 Å². The van der Waals surface area contributed by atoms with E-state index in [1.165, 1.54) is 38.2 Å². The van der Waals surface area contributed by atoms with Crippen LogP contribution in [0.2, 0.25) is 0 Å². The molecule has 0 radical (unpaired) electrons. The van der Waals surface area contributed by atoms with Crippen molar-refractivity contribution in [3.05, 3.63) is 35.4 Å². The first kappa shape index (κ1) is 13.7. The van der Waals surface area contributed by atoms with Gasteiger partial charge in [0.2, 0.25) is 0 Å². The summed E-state index contributed by atoms with van der Waals surface area (Å²) >= 11 is 0. The molecule has 4 bridgehead atoms. The smallest absolute Gasteiger partial charge is 0.162 e. The van der Waals surface area contributed by atoms with Crippen LogP contribution in [0.3, 0.4) is 0 Å². The Balaban J connectivity index is 1.52. The van der Waals surface area contributed by atoms with Crippen molar-refractivity contribution in [3.63, 3.8) is 0 Å². The van der Waals surface area contributed by atoms with Gasteiger partial charge in [0, 0.05) is 6.04 Å². The summed E-state index contributed by atoms with van der Waals surface area (Å²) in [4.78, 5) is 0. The predicted molar refractivity (Wildman–Crippen MR) is 78.6 cm³/mol. The first-order valence-electron chi connectivity index (χ1n) is 8.30. The first-order chi connectivity index (χ1) is 10.1. The minimum atomic E-state index is -0.759. The molecule has 1 atom stereocenters. The van der Waals surface area contributed by atoms with Gasteiger partial charge in [-0.2, -0.15) is 0 Å². The van der Waals surface area contributed by atoms with Crippen molar-refractivity contribution in [2.75, 3.05) is 0 Å². The van der Waals surface area contributed by atoms with Gasteiger partial charge in [0.05, 0.1) is 0 Å². The number of nitrogens with two attached hydrogens (primary N) is 1. The summed E-state index contributed by atoms with van der Waals surface area (Å²) < 4.78 is 27.2. The van der Waals surface area contributed by atoms with Gasteiger partial charge in [0.1, 0.15) is 0 Å². The highest BCUT2D eigenvalue weighted by Crippen LogP contribution is 2.57. The maximum absolute atomic E-state index is 13.9. The molecule has 0 heterocycles. The molecule has 4 fully saturated rings. The van der Waals surface area contributed by atoms with Crippen molar-refractivity contribution in [2.24, 2.45) is 35.3 Å². The van der Waals surface area contributed by atoms with Gasteiger partial charge < -0.3 is 5.73 Å². The fourth-order valence-corrected chi connectivity index (χ4v) is 5.76. The summed E-state index contributed by atoms with van der Waals surface area (Å²) in [6, 6.07) is 4.40. The normalized spacial score (nSPS) is 38.7. The average Bonchev–Trinajstić information content (AvgIpc) is 2.42. The van der Waals surface area contributed by atoms with Gasteiger partial charge >= 0.3 is 0 Å². The van der Waals surface area contributed by atoms with Crippen molar-refractivity contribution in [1.29, 1.82) is 0 Å². The first-order valence-corrected chi connectivity index (χ1v) is 8.30. The lowest BCUT2D eigenvalue weighted by molar-refractivity contribution is -0.0465. The standard InChI is InChI=1S/C18H23F2N/c19-15-3-1-2-12(18(15)20)9-16(21)17-13-5-10-4-11(7-13)8-14(17)6-10/h1-3,10-11,13-14,16-17H,4-9,21H2. The third-order valence-corrected chi connectivity index (χ3v) is 6.28. The highest BCUT2D eigenvalue weighted by atomic mass is 19.2. The summed E-state index contributed by atoms with van der Waals surface area (Å²) in [6.45, 7) is 0. The Morgan fingerprint density at radius 1 is 1.00 bits per heavy atom. The average molecular weight is 291 g/mol. The zero-order valence-corrected chi connectivity index (χ0v) is 12.3. The Morgan fingerprint density at radius 3 is 2.24 bits per heavy atom. The molecular weight excluding hydrogens is 268 g/mol. The van der Waals surface area contributed by atoms with Gasteiger partial charge in [-0.1, -0.05) is 12.1 Å². The third-order valence-electron chi connectivity index (χ3n) is 6.28. The van der Waals surface area contributed by atoms with Crippen LogP contribution in [0.15, 0.2) is 18.2 Å². The second kappa shape index (κ2) is 5.05. The molecule has 4 aliphatic rings. The molecule has 1 aromatic carbocycles. The lowest BCUT2D eigenvalue weighted by atomic mass is 9.50. The predicted octanol–water partition coefficient (Wildman–Crippen LogP) is 3.91. The molecule has 4 saturated carbocycles. The molecule has 5 rings (SSSR count). The quantitative estimate of drug-likeness (QED) is 0.898. The van der Waals surface area contributed by atoms with Crippen LogP contribution >= 0.6 is 0 Å². The van der Waals surface area contributed by atoms with E-state index >= 15 is 0 Å². The Hall–Kier alpha value is -0.960. The third kappa shape index (κ3) is 2.30. The molecule has 4 aliphatic carbocycles. The summed E-state index contributed by atoms with van der Waals surface area (Å²) in [5, 5.41) is 0. The molecule has 3 heteroatoms. The summed E-state index contributed by atoms with van der Waals surface area (Å²) in [5.74, 6) is 2.34. The van der Waals surface area contributed by atoms with Crippen LogP contribution in [0.4, 0.5) is 8.78 Å². The maximum Gasteiger partial charge on any atom is 0.162 e. The molecule has 2 N–H and O–H groups in total. The molecule has 21 heavy (non-hydrogen) atoms. The van der Waals surface area contributed by atoms with E-state index < -0.39 is 11.6 Å². The minimum Gasteiger partial charge on any atom is -0.327 e. The van der Waals surface area contributed by atoms with Gasteiger partial charge in [-0.3, -0.25) is 0 Å². The second-order valence-electron chi connectivity index (χ2n) is 7.59. The lowest BCUT2D eigenvalue weighted by Crippen LogP contribution is -2.52. The molecule has 0 saturated heterocycles. The summed E-state index contributed by atoms with van der Waals surface area (Å²) in [5.41, 5.74) is 6.90. The Bertz CT molecular complexity index is 514. The van der Waals surface area contributed by atoms with E-state index in [9.17, 15) is 8.78 Å². The van der Waals surface area contributed by atoms with Gasteiger partial charge in [-0.25, -0.2) is 8.78 Å². The van der Waals surface area contributed by atoms with Crippen molar-refractivity contribution >= 4 is 0 Å². The zero-order chi connectivity index (χ0) is 14.6. The van der Waals surface area contributed by atoms with Crippen LogP contribution in [0.25, 0.3) is 0 Å². The molecule has 0 spiro atoms. The SMILES string of the molecule is NC(Cc1cccc(F)c1F)C1C2CC3CC(C2)CC1C3. The molecular formula is C18H23F2N. The van der Waals surface area contributed by atoms with Crippen LogP contribution in [0.1, 0.15) is 37.7 Å². The Morgan fingerprint density at radius 2 is 1.62 bits per heavy atom. The van der Waals surface area contributed by atoms with E-state index in [4.69, 9.17) is 5.73 Å². The summed E-state index contributed by atoms with van der Waals surface area (Å²) in [6.07, 6.45) is 7.16. The van der Waals surface area contributed by atoms with Crippen LogP contribution in [-0.4, -0.2) is 6.04 Å². The van der Waals surface area contributed by atoms with E-state index in [1.54, 1.807) is 12.1 Å². The Kier molecular flexibility index (Phi) is 3.29. The van der Waals surface area contributed by atoms with Gasteiger partial charge in [0.25, 0.3) is 0 Å². The monoisotopic (exact) mass is 291 g/mol. The van der Waals surface area contributed by atoms with Crippen LogP contribution < -0.4 is 5.73 Å². The maximum atomic E-state index is 13.9. The van der Waals surface area contributed by atoms with E-state index in [0.717, 1.165) is 23.7 Å². The molecule has 0 aliphatic heterocycles. The largest absolute Gasteiger partial charge is 0.327 e. The summed E-state index contributed by atoms with van der Waals surface area (Å²) in [7, 11) is 0. The topological polar surface area (TPSA) is 26.0 Å². The van der Waals surface area contributed by atoms with Crippen LogP contribution in [-0.2, 0) is 6.42 Å². The highest BCUT2D eigenvalue weighted by molar-refractivity contribution is 5.20. The second-order valence-corrected chi connectivity index (χ2v) is 7.59. The van der Waals surface area contributed by atoms with E-state index in [0.29, 0.717) is 17.9 Å². The molecule has 1 aromatic rings. The number of halogens is 2. The molecule has 114 valence electrons. The van der Waals surface area contributed by atoms with Crippen molar-refractivity contribution < 1.29 is 8.78 Å². The molecule has 1 unspecified atom stereocenters. The number of rotatable bonds is 3. The van der Waals surface area contributed by atoms with Crippen LogP contribution in [0, 0.1) is 41.2 Å². The van der Waals surface area contributed by atoms with Crippen molar-refractivity contribution in [1.82, 2.24) is 0 Å². The highest BCUT2D eigenvalue weighted by Gasteiger charge is 2.49. The van der Waals surface area contributed by atoms with Gasteiger partial charge in [0.15, 0.2) is 11.6 Å². The van der Waals surface area contributed by atoms with Crippen LogP contribution in [0.5, 0.6) is 0 Å². The minimum absolute atomic E-state index is 0.0312. The number of hydrogen-bond acceptors (Lipinski definition) is 1. The van der Waals surface area contributed by atoms with Crippen molar-refractivity contribution in [3.8, 4) is 0 Å². The van der Waals surface area contributed by atoms with E-state index in [1.807, 2.05) is 0 Å². The zero-order valence-electron chi connectivity index (χ0n) is 12.3. The van der Waals surface area contributed by atoms with E-state index in [-0.39, 0.29) is 6.04 Å². The fourth-order valence-electron chi connectivity index (χ4n) is 5.76. The van der Waals surface area contributed by atoms with Gasteiger partial charge in [-0.15, -0.1) is 0 Å². The lowest BCUT2D eigenvalue weighted by Gasteiger charge is -2.56. The molecule has 1 nitrogen and oxygen atoms in total. The fraction of sp³-hybridized carbons (Fsp3) is 0.667. The number of hydrogen-bond donors (Lipinski definition) is 1. The number of benzene rings is 1.